The quantitative estimate of drug-likeness (QED) is 0.220. The molecule has 4 aromatic carbocycles. The second-order valence-corrected chi connectivity index (χ2v) is 10.1. The molecule has 0 saturated carbocycles. The number of rotatable bonds is 11. The second-order valence-electron chi connectivity index (χ2n) is 10.1. The summed E-state index contributed by atoms with van der Waals surface area (Å²) in [6, 6.07) is 35.2. The van der Waals surface area contributed by atoms with Crippen molar-refractivity contribution in [3.8, 4) is 0 Å². The van der Waals surface area contributed by atoms with Gasteiger partial charge in [-0.15, -0.1) is 0 Å². The summed E-state index contributed by atoms with van der Waals surface area (Å²) in [4.78, 5) is 5.24. The van der Waals surface area contributed by atoms with Gasteiger partial charge in [0.2, 0.25) is 0 Å². The van der Waals surface area contributed by atoms with Crippen LogP contribution >= 0.6 is 0 Å². The monoisotopic (exact) mass is 476 g/mol. The standard InChI is InChI=1S/C34H40N2/c1-27-13-5-9-17-31(27)23-35(24-32-18-10-6-14-28(32)2)21-22-36(25-33-19-11-7-15-29(33)3)26-34-20-12-8-16-30(34)4/h5-20H,21-26H2,1-4H3. The zero-order valence-corrected chi connectivity index (χ0v) is 22.4. The van der Waals surface area contributed by atoms with E-state index < -0.39 is 0 Å². The van der Waals surface area contributed by atoms with Crippen LogP contribution in [-0.4, -0.2) is 22.9 Å². The van der Waals surface area contributed by atoms with E-state index in [1.54, 1.807) is 0 Å². The molecule has 2 heteroatoms. The largest absolute Gasteiger partial charge is 0.294 e. The Bertz CT molecular complexity index is 1070. The lowest BCUT2D eigenvalue weighted by Gasteiger charge is -2.29. The first kappa shape index (κ1) is 25.9. The molecular weight excluding hydrogens is 436 g/mol. The van der Waals surface area contributed by atoms with Crippen molar-refractivity contribution in [2.75, 3.05) is 13.1 Å². The molecule has 0 aromatic heterocycles. The summed E-state index contributed by atoms with van der Waals surface area (Å²) in [5.41, 5.74) is 11.1. The van der Waals surface area contributed by atoms with Crippen LogP contribution in [0.5, 0.6) is 0 Å². The van der Waals surface area contributed by atoms with E-state index in [0.717, 1.165) is 39.3 Å². The van der Waals surface area contributed by atoms with Crippen molar-refractivity contribution in [2.24, 2.45) is 0 Å². The van der Waals surface area contributed by atoms with Crippen LogP contribution in [0, 0.1) is 27.7 Å². The van der Waals surface area contributed by atoms with Gasteiger partial charge < -0.3 is 0 Å². The molecular formula is C34H40N2. The number of aryl methyl sites for hydroxylation is 4. The first-order valence-electron chi connectivity index (χ1n) is 13.1. The van der Waals surface area contributed by atoms with Crippen molar-refractivity contribution in [2.45, 2.75) is 53.9 Å². The highest BCUT2D eigenvalue weighted by molar-refractivity contribution is 5.29. The molecule has 0 aliphatic rings. The summed E-state index contributed by atoms with van der Waals surface area (Å²) < 4.78 is 0. The predicted molar refractivity (Wildman–Crippen MR) is 153 cm³/mol. The number of hydrogen-bond acceptors (Lipinski definition) is 2. The first-order valence-corrected chi connectivity index (χ1v) is 13.1. The normalized spacial score (nSPS) is 11.4. The van der Waals surface area contributed by atoms with Crippen molar-refractivity contribution in [1.29, 1.82) is 0 Å². The Kier molecular flexibility index (Phi) is 9.11. The van der Waals surface area contributed by atoms with Gasteiger partial charge in [-0.05, 0) is 72.2 Å². The van der Waals surface area contributed by atoms with Crippen LogP contribution < -0.4 is 0 Å². The highest BCUT2D eigenvalue weighted by Gasteiger charge is 2.15. The summed E-state index contributed by atoms with van der Waals surface area (Å²) in [6.07, 6.45) is 0. The Balaban J connectivity index is 1.56. The third kappa shape index (κ3) is 7.16. The molecule has 36 heavy (non-hydrogen) atoms. The maximum atomic E-state index is 2.62. The highest BCUT2D eigenvalue weighted by Crippen LogP contribution is 2.19. The van der Waals surface area contributed by atoms with E-state index in [1.807, 2.05) is 0 Å². The Morgan fingerprint density at radius 1 is 0.361 bits per heavy atom. The van der Waals surface area contributed by atoms with Gasteiger partial charge in [-0.25, -0.2) is 0 Å². The molecule has 0 bridgehead atoms. The number of hydrogen-bond donors (Lipinski definition) is 0. The average Bonchev–Trinajstić information content (AvgIpc) is 2.87. The zero-order chi connectivity index (χ0) is 25.3. The van der Waals surface area contributed by atoms with Crippen LogP contribution in [0.2, 0.25) is 0 Å². The molecule has 0 aliphatic carbocycles. The number of nitrogens with zero attached hydrogens (tertiary/aromatic N) is 2. The van der Waals surface area contributed by atoms with Gasteiger partial charge >= 0.3 is 0 Å². The van der Waals surface area contributed by atoms with Crippen LogP contribution in [0.15, 0.2) is 97.1 Å². The maximum absolute atomic E-state index is 2.62. The van der Waals surface area contributed by atoms with Gasteiger partial charge in [0.1, 0.15) is 0 Å². The molecule has 0 radical (unpaired) electrons. The second kappa shape index (κ2) is 12.7. The molecule has 0 N–H and O–H groups in total. The minimum Gasteiger partial charge on any atom is -0.294 e. The van der Waals surface area contributed by atoms with Crippen LogP contribution in [-0.2, 0) is 26.2 Å². The Morgan fingerprint density at radius 3 is 0.806 bits per heavy atom. The lowest BCUT2D eigenvalue weighted by Crippen LogP contribution is -2.34. The van der Waals surface area contributed by atoms with E-state index in [4.69, 9.17) is 0 Å². The van der Waals surface area contributed by atoms with Crippen molar-refractivity contribution >= 4 is 0 Å². The topological polar surface area (TPSA) is 6.48 Å². The Labute approximate surface area is 218 Å². The van der Waals surface area contributed by atoms with Crippen molar-refractivity contribution in [3.05, 3.63) is 142 Å². The molecule has 0 atom stereocenters. The first-order chi connectivity index (χ1) is 17.5. The van der Waals surface area contributed by atoms with Crippen LogP contribution in [0.4, 0.5) is 0 Å². The van der Waals surface area contributed by atoms with Gasteiger partial charge in [0.15, 0.2) is 0 Å². The summed E-state index contributed by atoms with van der Waals surface area (Å²) >= 11 is 0. The van der Waals surface area contributed by atoms with Gasteiger partial charge in [0, 0.05) is 39.3 Å². The molecule has 2 nitrogen and oxygen atoms in total. The summed E-state index contributed by atoms with van der Waals surface area (Å²) in [5, 5.41) is 0. The van der Waals surface area contributed by atoms with E-state index in [2.05, 4.69) is 135 Å². The van der Waals surface area contributed by atoms with Gasteiger partial charge in [-0.1, -0.05) is 97.1 Å². The minimum absolute atomic E-state index is 0.962. The maximum Gasteiger partial charge on any atom is 0.0240 e. The van der Waals surface area contributed by atoms with E-state index in [9.17, 15) is 0 Å². The fourth-order valence-corrected chi connectivity index (χ4v) is 4.82. The van der Waals surface area contributed by atoms with Crippen molar-refractivity contribution in [1.82, 2.24) is 9.80 Å². The predicted octanol–water partition coefficient (Wildman–Crippen LogP) is 7.62. The molecule has 4 rings (SSSR count). The molecule has 186 valence electrons. The Hall–Kier alpha value is -3.20. The third-order valence-corrected chi connectivity index (χ3v) is 7.35. The molecule has 0 heterocycles. The molecule has 0 fully saturated rings. The van der Waals surface area contributed by atoms with Gasteiger partial charge in [-0.3, -0.25) is 9.80 Å². The minimum atomic E-state index is 0.962. The molecule has 4 aromatic rings. The molecule has 0 saturated heterocycles. The van der Waals surface area contributed by atoms with E-state index >= 15 is 0 Å². The fourth-order valence-electron chi connectivity index (χ4n) is 4.82. The lowest BCUT2D eigenvalue weighted by molar-refractivity contribution is 0.182. The van der Waals surface area contributed by atoms with Crippen LogP contribution in [0.25, 0.3) is 0 Å². The van der Waals surface area contributed by atoms with Gasteiger partial charge in [0.05, 0.1) is 0 Å². The third-order valence-electron chi connectivity index (χ3n) is 7.35. The van der Waals surface area contributed by atoms with Gasteiger partial charge in [-0.2, -0.15) is 0 Å². The van der Waals surface area contributed by atoms with Crippen molar-refractivity contribution < 1.29 is 0 Å². The summed E-state index contributed by atoms with van der Waals surface area (Å²) in [5.74, 6) is 0. The van der Waals surface area contributed by atoms with Crippen LogP contribution in [0.3, 0.4) is 0 Å². The average molecular weight is 477 g/mol. The lowest BCUT2D eigenvalue weighted by atomic mass is 10.1. The molecule has 0 spiro atoms. The SMILES string of the molecule is Cc1ccccc1CN(CCN(Cc1ccccc1C)Cc1ccccc1C)Cc1ccccc1C. The number of benzene rings is 4. The highest BCUT2D eigenvalue weighted by atomic mass is 15.2. The summed E-state index contributed by atoms with van der Waals surface area (Å²) in [6.45, 7) is 14.8. The van der Waals surface area contributed by atoms with Crippen LogP contribution in [0.1, 0.15) is 44.5 Å². The van der Waals surface area contributed by atoms with Gasteiger partial charge in [0.25, 0.3) is 0 Å². The molecule has 0 amide bonds. The molecule has 0 unspecified atom stereocenters. The molecule has 0 aliphatic heterocycles. The summed E-state index contributed by atoms with van der Waals surface area (Å²) in [7, 11) is 0. The Morgan fingerprint density at radius 2 is 0.583 bits per heavy atom. The van der Waals surface area contributed by atoms with E-state index in [-0.39, 0.29) is 0 Å². The van der Waals surface area contributed by atoms with E-state index in [1.165, 1.54) is 44.5 Å². The van der Waals surface area contributed by atoms with Crippen molar-refractivity contribution in [3.63, 3.8) is 0 Å². The van der Waals surface area contributed by atoms with E-state index in [0.29, 0.717) is 0 Å². The fraction of sp³-hybridized carbons (Fsp3) is 0.294. The smallest absolute Gasteiger partial charge is 0.0240 e. The zero-order valence-electron chi connectivity index (χ0n) is 22.4.